The highest BCUT2D eigenvalue weighted by atomic mass is 35.5. The monoisotopic (exact) mass is 457 g/mol. The van der Waals surface area contributed by atoms with Gasteiger partial charge in [-0.3, -0.25) is 9.10 Å². The number of sulfonamides is 1. The first-order chi connectivity index (χ1) is 14.9. The molecule has 0 aliphatic carbocycles. The summed E-state index contributed by atoms with van der Waals surface area (Å²) in [4.78, 5) is 12.8. The van der Waals surface area contributed by atoms with E-state index in [2.05, 4.69) is 9.88 Å². The second-order valence-corrected chi connectivity index (χ2v) is 10.1. The molecule has 8 heteroatoms. The number of aromatic nitrogens is 1. The molecule has 1 aliphatic heterocycles. The third kappa shape index (κ3) is 5.29. The van der Waals surface area contributed by atoms with Crippen LogP contribution in [0, 0.1) is 0 Å². The van der Waals surface area contributed by atoms with Crippen molar-refractivity contribution in [1.82, 2.24) is 4.57 Å². The van der Waals surface area contributed by atoms with Gasteiger partial charge in [-0.2, -0.15) is 0 Å². The Labute approximate surface area is 187 Å². The van der Waals surface area contributed by atoms with Crippen molar-refractivity contribution in [3.8, 4) is 0 Å². The Morgan fingerprint density at radius 3 is 2.32 bits per heavy atom. The molecule has 2 heterocycles. The van der Waals surface area contributed by atoms with E-state index in [0.29, 0.717) is 42.3 Å². The summed E-state index contributed by atoms with van der Waals surface area (Å²) in [5.74, 6) is 0.0613. The number of amides is 1. The molecular formula is C23H24ClN3O3S. The van der Waals surface area contributed by atoms with Crippen LogP contribution in [0.3, 0.4) is 0 Å². The molecule has 31 heavy (non-hydrogen) atoms. The maximum atomic E-state index is 12.8. The summed E-state index contributed by atoms with van der Waals surface area (Å²) in [6.45, 7) is 1.17. The van der Waals surface area contributed by atoms with Crippen LogP contribution in [-0.2, 0) is 21.4 Å². The molecule has 0 bridgehead atoms. The Hall–Kier alpha value is -2.77. The van der Waals surface area contributed by atoms with Crippen molar-refractivity contribution in [2.45, 2.75) is 25.3 Å². The second-order valence-electron chi connectivity index (χ2n) is 7.67. The zero-order chi connectivity index (χ0) is 21.8. The summed E-state index contributed by atoms with van der Waals surface area (Å²) < 4.78 is 27.6. The van der Waals surface area contributed by atoms with Gasteiger partial charge in [-0.1, -0.05) is 23.7 Å². The molecule has 1 N–H and O–H groups in total. The predicted molar refractivity (Wildman–Crippen MR) is 124 cm³/mol. The topological polar surface area (TPSA) is 71.4 Å². The molecule has 1 saturated heterocycles. The SMILES string of the molecule is O=C(C[C@H](Cn1cccc1)c1ccc(Cl)cc1)Nc1ccc(N2CCCS2(=O)=O)cc1. The average Bonchev–Trinajstić information content (AvgIpc) is 3.37. The van der Waals surface area contributed by atoms with Crippen LogP contribution in [0.25, 0.3) is 0 Å². The predicted octanol–water partition coefficient (Wildman–Crippen LogP) is 4.49. The lowest BCUT2D eigenvalue weighted by Crippen LogP contribution is -2.25. The van der Waals surface area contributed by atoms with Crippen LogP contribution in [0.2, 0.25) is 5.02 Å². The minimum absolute atomic E-state index is 0.0151. The first-order valence-corrected chi connectivity index (χ1v) is 12.2. The lowest BCUT2D eigenvalue weighted by molar-refractivity contribution is -0.116. The lowest BCUT2D eigenvalue weighted by Gasteiger charge is -2.19. The molecule has 0 spiro atoms. The fourth-order valence-corrected chi connectivity index (χ4v) is 5.54. The number of benzene rings is 2. The Morgan fingerprint density at radius 1 is 1.03 bits per heavy atom. The number of rotatable bonds is 7. The number of anilines is 2. The first kappa shape index (κ1) is 21.5. The second kappa shape index (κ2) is 9.16. The number of carbonyl (C=O) groups excluding carboxylic acids is 1. The number of hydrogen-bond donors (Lipinski definition) is 1. The Morgan fingerprint density at radius 2 is 1.71 bits per heavy atom. The fourth-order valence-electron chi connectivity index (χ4n) is 3.85. The summed E-state index contributed by atoms with van der Waals surface area (Å²) in [7, 11) is -3.22. The van der Waals surface area contributed by atoms with Crippen LogP contribution in [0.4, 0.5) is 11.4 Å². The lowest BCUT2D eigenvalue weighted by atomic mass is 9.95. The molecule has 0 saturated carbocycles. The van der Waals surface area contributed by atoms with Gasteiger partial charge in [0.1, 0.15) is 0 Å². The maximum absolute atomic E-state index is 12.8. The summed E-state index contributed by atoms with van der Waals surface area (Å²) in [6, 6.07) is 18.4. The Bertz CT molecular complexity index is 1130. The van der Waals surface area contributed by atoms with E-state index in [9.17, 15) is 13.2 Å². The van der Waals surface area contributed by atoms with Crippen LogP contribution < -0.4 is 9.62 Å². The van der Waals surface area contributed by atoms with E-state index in [-0.39, 0.29) is 17.6 Å². The summed E-state index contributed by atoms with van der Waals surface area (Å²) in [6.07, 6.45) is 4.90. The van der Waals surface area contributed by atoms with E-state index in [1.807, 2.05) is 48.8 Å². The number of halogens is 1. The van der Waals surface area contributed by atoms with Crippen molar-refractivity contribution >= 4 is 38.9 Å². The average molecular weight is 458 g/mol. The molecule has 0 radical (unpaired) electrons. The van der Waals surface area contributed by atoms with Gasteiger partial charge >= 0.3 is 0 Å². The Balaban J connectivity index is 1.44. The zero-order valence-electron chi connectivity index (χ0n) is 16.9. The van der Waals surface area contributed by atoms with Gasteiger partial charge < -0.3 is 9.88 Å². The molecule has 6 nitrogen and oxygen atoms in total. The molecule has 4 rings (SSSR count). The minimum atomic E-state index is -3.22. The number of nitrogens with zero attached hydrogens (tertiary/aromatic N) is 2. The van der Waals surface area contributed by atoms with Gasteiger partial charge in [0.25, 0.3) is 0 Å². The van der Waals surface area contributed by atoms with Crippen molar-refractivity contribution in [2.24, 2.45) is 0 Å². The molecule has 1 amide bonds. The van der Waals surface area contributed by atoms with Gasteiger partial charge in [0.15, 0.2) is 0 Å². The summed E-state index contributed by atoms with van der Waals surface area (Å²) in [5, 5.41) is 3.59. The van der Waals surface area contributed by atoms with Gasteiger partial charge in [-0.25, -0.2) is 8.42 Å². The van der Waals surface area contributed by atoms with E-state index in [0.717, 1.165) is 5.56 Å². The van der Waals surface area contributed by atoms with Crippen molar-refractivity contribution < 1.29 is 13.2 Å². The van der Waals surface area contributed by atoms with Gasteiger partial charge in [-0.15, -0.1) is 0 Å². The van der Waals surface area contributed by atoms with Gasteiger partial charge in [-0.05, 0) is 60.5 Å². The van der Waals surface area contributed by atoms with Crippen LogP contribution >= 0.6 is 11.6 Å². The number of hydrogen-bond acceptors (Lipinski definition) is 3. The van der Waals surface area contributed by atoms with Crippen molar-refractivity contribution in [3.63, 3.8) is 0 Å². The molecule has 1 aliphatic rings. The summed E-state index contributed by atoms with van der Waals surface area (Å²) in [5.41, 5.74) is 2.31. The maximum Gasteiger partial charge on any atom is 0.235 e. The quantitative estimate of drug-likeness (QED) is 0.568. The molecule has 3 aromatic rings. The van der Waals surface area contributed by atoms with Gasteiger partial charge in [0, 0.05) is 48.5 Å². The van der Waals surface area contributed by atoms with Crippen molar-refractivity contribution in [1.29, 1.82) is 0 Å². The van der Waals surface area contributed by atoms with E-state index in [4.69, 9.17) is 11.6 Å². The highest BCUT2D eigenvalue weighted by Crippen LogP contribution is 2.27. The zero-order valence-corrected chi connectivity index (χ0v) is 18.5. The molecule has 1 fully saturated rings. The highest BCUT2D eigenvalue weighted by Gasteiger charge is 2.28. The van der Waals surface area contributed by atoms with E-state index < -0.39 is 10.0 Å². The Kier molecular flexibility index (Phi) is 6.34. The molecule has 1 atom stereocenters. The number of carbonyl (C=O) groups is 1. The third-order valence-electron chi connectivity index (χ3n) is 5.41. The molecule has 0 unspecified atom stereocenters. The van der Waals surface area contributed by atoms with Crippen LogP contribution in [0.5, 0.6) is 0 Å². The normalized spacial score (nSPS) is 16.2. The third-order valence-corrected chi connectivity index (χ3v) is 7.53. The van der Waals surface area contributed by atoms with Gasteiger partial charge in [0.2, 0.25) is 15.9 Å². The molecular weight excluding hydrogens is 434 g/mol. The highest BCUT2D eigenvalue weighted by molar-refractivity contribution is 7.93. The van der Waals surface area contributed by atoms with Gasteiger partial charge in [0.05, 0.1) is 11.4 Å². The smallest absolute Gasteiger partial charge is 0.235 e. The molecule has 1 aromatic heterocycles. The minimum Gasteiger partial charge on any atom is -0.354 e. The standard InChI is InChI=1S/C23H24ClN3O3S/c24-20-6-4-18(5-7-20)19(17-26-12-1-2-13-26)16-23(28)25-21-8-10-22(11-9-21)27-14-3-15-31(27,29)30/h1-2,4-13,19H,3,14-17H2,(H,25,28)/t19-/m1/s1. The molecule has 162 valence electrons. The van der Waals surface area contributed by atoms with Crippen LogP contribution in [0.15, 0.2) is 73.1 Å². The van der Waals surface area contributed by atoms with Crippen LogP contribution in [0.1, 0.15) is 24.3 Å². The summed E-state index contributed by atoms with van der Waals surface area (Å²) >= 11 is 6.02. The first-order valence-electron chi connectivity index (χ1n) is 10.2. The van der Waals surface area contributed by atoms with E-state index in [1.54, 1.807) is 24.3 Å². The largest absolute Gasteiger partial charge is 0.354 e. The van der Waals surface area contributed by atoms with Crippen molar-refractivity contribution in [2.75, 3.05) is 21.9 Å². The number of nitrogens with one attached hydrogen (secondary N) is 1. The van der Waals surface area contributed by atoms with Crippen LogP contribution in [-0.4, -0.2) is 31.2 Å². The molecule has 2 aromatic carbocycles. The van der Waals surface area contributed by atoms with E-state index in [1.165, 1.54) is 4.31 Å². The van der Waals surface area contributed by atoms with E-state index >= 15 is 0 Å². The fraction of sp³-hybridized carbons (Fsp3) is 0.261. The van der Waals surface area contributed by atoms with Crippen molar-refractivity contribution in [3.05, 3.63) is 83.6 Å².